The van der Waals surface area contributed by atoms with Gasteiger partial charge in [0, 0.05) is 10.3 Å². The van der Waals surface area contributed by atoms with Gasteiger partial charge in [-0.2, -0.15) is 5.10 Å². The zero-order valence-corrected chi connectivity index (χ0v) is 15.2. The molecule has 25 heavy (non-hydrogen) atoms. The number of thioether (sulfide) groups is 1. The highest BCUT2D eigenvalue weighted by Gasteiger charge is 2.11. The highest BCUT2D eigenvalue weighted by molar-refractivity contribution is 7.98. The van der Waals surface area contributed by atoms with Crippen molar-refractivity contribution in [3.05, 3.63) is 70.9 Å². The summed E-state index contributed by atoms with van der Waals surface area (Å²) < 4.78 is 0. The van der Waals surface area contributed by atoms with Crippen LogP contribution in [0.25, 0.3) is 10.9 Å². The van der Waals surface area contributed by atoms with E-state index in [-0.39, 0.29) is 5.91 Å². The number of amides is 1. The second kappa shape index (κ2) is 7.49. The maximum Gasteiger partial charge on any atom is 0.273 e. The van der Waals surface area contributed by atoms with Gasteiger partial charge in [-0.1, -0.05) is 23.8 Å². The Hall–Kier alpha value is -2.66. The summed E-state index contributed by atoms with van der Waals surface area (Å²) in [6, 6.07) is 15.8. The molecule has 1 amide bonds. The second-order valence-corrected chi connectivity index (χ2v) is 6.67. The van der Waals surface area contributed by atoms with Crippen molar-refractivity contribution in [2.45, 2.75) is 18.7 Å². The molecule has 1 heterocycles. The molecule has 0 spiro atoms. The van der Waals surface area contributed by atoms with Gasteiger partial charge in [-0.25, -0.2) is 5.43 Å². The first-order valence-electron chi connectivity index (χ1n) is 7.92. The van der Waals surface area contributed by atoms with Gasteiger partial charge in [0.05, 0.1) is 23.0 Å². The lowest BCUT2D eigenvalue weighted by atomic mass is 10.1. The first-order valence-corrected chi connectivity index (χ1v) is 9.15. The third-order valence-electron chi connectivity index (χ3n) is 3.90. The van der Waals surface area contributed by atoms with Crippen LogP contribution in [0.5, 0.6) is 0 Å². The summed E-state index contributed by atoms with van der Waals surface area (Å²) in [4.78, 5) is 18.1. The third kappa shape index (κ3) is 4.06. The number of benzene rings is 2. The fourth-order valence-corrected chi connectivity index (χ4v) is 2.95. The van der Waals surface area contributed by atoms with E-state index in [9.17, 15) is 4.79 Å². The molecule has 0 aliphatic rings. The van der Waals surface area contributed by atoms with E-state index < -0.39 is 0 Å². The maximum atomic E-state index is 12.4. The molecule has 4 nitrogen and oxygen atoms in total. The van der Waals surface area contributed by atoms with E-state index in [4.69, 9.17) is 0 Å². The summed E-state index contributed by atoms with van der Waals surface area (Å²) in [5, 5.41) is 5.00. The Morgan fingerprint density at radius 3 is 2.60 bits per heavy atom. The molecule has 0 unspecified atom stereocenters. The zero-order valence-electron chi connectivity index (χ0n) is 14.4. The summed E-state index contributed by atoms with van der Waals surface area (Å²) in [5.74, 6) is -0.259. The molecule has 1 N–H and O–H groups in total. The number of nitrogens with zero attached hydrogens (tertiary/aromatic N) is 2. The van der Waals surface area contributed by atoms with Crippen LogP contribution in [0.2, 0.25) is 0 Å². The first kappa shape index (κ1) is 17.2. The van der Waals surface area contributed by atoms with Gasteiger partial charge >= 0.3 is 0 Å². The molecular weight excluding hydrogens is 330 g/mol. The Kier molecular flexibility index (Phi) is 5.14. The van der Waals surface area contributed by atoms with Crippen molar-refractivity contribution in [3.63, 3.8) is 0 Å². The van der Waals surface area contributed by atoms with Crippen LogP contribution in [0.4, 0.5) is 0 Å². The number of hydrogen-bond acceptors (Lipinski definition) is 4. The lowest BCUT2D eigenvalue weighted by Gasteiger charge is -2.07. The molecule has 126 valence electrons. The summed E-state index contributed by atoms with van der Waals surface area (Å²) in [7, 11) is 0. The van der Waals surface area contributed by atoms with Crippen LogP contribution >= 0.6 is 11.8 Å². The average molecular weight is 349 g/mol. The van der Waals surface area contributed by atoms with Crippen molar-refractivity contribution in [2.24, 2.45) is 5.10 Å². The Balaban J connectivity index is 1.77. The van der Waals surface area contributed by atoms with Gasteiger partial charge in [-0.05, 0) is 56.0 Å². The molecule has 0 saturated heterocycles. The molecule has 0 atom stereocenters. The van der Waals surface area contributed by atoms with Gasteiger partial charge in [-0.15, -0.1) is 11.8 Å². The molecule has 0 aliphatic heterocycles. The fraction of sp³-hybridized carbons (Fsp3) is 0.150. The van der Waals surface area contributed by atoms with Gasteiger partial charge < -0.3 is 0 Å². The topological polar surface area (TPSA) is 54.4 Å². The minimum atomic E-state index is -0.259. The molecule has 3 rings (SSSR count). The van der Waals surface area contributed by atoms with E-state index in [0.717, 1.165) is 22.0 Å². The molecule has 0 bridgehead atoms. The number of nitrogens with one attached hydrogen (secondary N) is 1. The van der Waals surface area contributed by atoms with Crippen LogP contribution in [0.3, 0.4) is 0 Å². The SMILES string of the molecule is CSc1ccc(C=NNC(=O)c2cc3cc(C)ccc3nc2C)cc1. The Labute approximate surface area is 151 Å². The second-order valence-electron chi connectivity index (χ2n) is 5.79. The minimum absolute atomic E-state index is 0.259. The molecule has 0 fully saturated rings. The van der Waals surface area contributed by atoms with Crippen LogP contribution in [0, 0.1) is 13.8 Å². The molecule has 0 aliphatic carbocycles. The summed E-state index contributed by atoms with van der Waals surface area (Å²) >= 11 is 1.69. The molecule has 1 aromatic heterocycles. The number of fused-ring (bicyclic) bond motifs is 1. The van der Waals surface area contributed by atoms with Gasteiger partial charge in [-0.3, -0.25) is 9.78 Å². The molecule has 2 aromatic carbocycles. The number of carbonyl (C=O) groups excluding carboxylic acids is 1. The molecule has 0 radical (unpaired) electrons. The largest absolute Gasteiger partial charge is 0.273 e. The summed E-state index contributed by atoms with van der Waals surface area (Å²) in [5.41, 5.74) is 6.76. The van der Waals surface area contributed by atoms with Crippen molar-refractivity contribution < 1.29 is 4.79 Å². The monoisotopic (exact) mass is 349 g/mol. The van der Waals surface area contributed by atoms with Crippen LogP contribution < -0.4 is 5.43 Å². The van der Waals surface area contributed by atoms with Gasteiger partial charge in [0.1, 0.15) is 0 Å². The van der Waals surface area contributed by atoms with E-state index in [1.54, 1.807) is 18.0 Å². The van der Waals surface area contributed by atoms with Crippen molar-refractivity contribution >= 4 is 34.8 Å². The maximum absolute atomic E-state index is 12.4. The molecule has 5 heteroatoms. The van der Waals surface area contributed by atoms with Gasteiger partial charge in [0.2, 0.25) is 0 Å². The average Bonchev–Trinajstić information content (AvgIpc) is 2.62. The van der Waals surface area contributed by atoms with E-state index in [1.807, 2.05) is 68.6 Å². The van der Waals surface area contributed by atoms with E-state index >= 15 is 0 Å². The van der Waals surface area contributed by atoms with E-state index in [1.165, 1.54) is 4.90 Å². The molecular formula is C20H19N3OS. The van der Waals surface area contributed by atoms with Crippen LogP contribution in [-0.2, 0) is 0 Å². The highest BCUT2D eigenvalue weighted by atomic mass is 32.2. The Morgan fingerprint density at radius 1 is 1.12 bits per heavy atom. The summed E-state index contributed by atoms with van der Waals surface area (Å²) in [6.07, 6.45) is 3.67. The number of rotatable bonds is 4. The number of aryl methyl sites for hydroxylation is 2. The van der Waals surface area contributed by atoms with Crippen molar-refractivity contribution in [1.29, 1.82) is 0 Å². The quantitative estimate of drug-likeness (QED) is 0.433. The van der Waals surface area contributed by atoms with E-state index in [0.29, 0.717) is 11.3 Å². The van der Waals surface area contributed by atoms with Crippen molar-refractivity contribution in [1.82, 2.24) is 10.4 Å². The fourth-order valence-electron chi connectivity index (χ4n) is 2.54. The predicted molar refractivity (Wildman–Crippen MR) is 105 cm³/mol. The van der Waals surface area contributed by atoms with Gasteiger partial charge in [0.25, 0.3) is 5.91 Å². The number of hydrogen-bond donors (Lipinski definition) is 1. The Morgan fingerprint density at radius 2 is 1.88 bits per heavy atom. The minimum Gasteiger partial charge on any atom is -0.267 e. The number of hydrazone groups is 1. The third-order valence-corrected chi connectivity index (χ3v) is 4.64. The zero-order chi connectivity index (χ0) is 17.8. The van der Waals surface area contributed by atoms with Crippen molar-refractivity contribution in [2.75, 3.05) is 6.26 Å². The van der Waals surface area contributed by atoms with E-state index in [2.05, 4.69) is 15.5 Å². The van der Waals surface area contributed by atoms with Gasteiger partial charge in [0.15, 0.2) is 0 Å². The highest BCUT2D eigenvalue weighted by Crippen LogP contribution is 2.18. The van der Waals surface area contributed by atoms with Crippen LogP contribution in [0.1, 0.15) is 27.2 Å². The number of aromatic nitrogens is 1. The first-order chi connectivity index (χ1) is 12.1. The lowest BCUT2D eigenvalue weighted by molar-refractivity contribution is 0.0954. The predicted octanol–water partition coefficient (Wildman–Crippen LogP) is 4.34. The normalized spacial score (nSPS) is 11.2. The number of pyridine rings is 1. The molecule has 0 saturated carbocycles. The Bertz CT molecular complexity index is 949. The van der Waals surface area contributed by atoms with Crippen molar-refractivity contribution in [3.8, 4) is 0 Å². The van der Waals surface area contributed by atoms with Crippen LogP contribution in [-0.4, -0.2) is 23.4 Å². The smallest absolute Gasteiger partial charge is 0.267 e. The van der Waals surface area contributed by atoms with Crippen LogP contribution in [0.15, 0.2) is 58.5 Å². The summed E-state index contributed by atoms with van der Waals surface area (Å²) in [6.45, 7) is 3.85. The standard InChI is InChI=1S/C20H19N3OS/c1-13-4-9-19-16(10-13)11-18(14(2)22-19)20(24)23-21-12-15-5-7-17(25-3)8-6-15/h4-12H,1-3H3,(H,23,24). The number of carbonyl (C=O) groups is 1. The lowest BCUT2D eigenvalue weighted by Crippen LogP contribution is -2.19. The molecule has 3 aromatic rings.